The summed E-state index contributed by atoms with van der Waals surface area (Å²) in [7, 11) is 1.39. The Kier molecular flexibility index (Phi) is 5.39. The molecule has 7 atom stereocenters. The van der Waals surface area contributed by atoms with Crippen LogP contribution in [0.3, 0.4) is 0 Å². The highest BCUT2D eigenvalue weighted by atomic mass is 16.5. The molecule has 0 heterocycles. The second-order valence-electron chi connectivity index (χ2n) is 11.8. The summed E-state index contributed by atoms with van der Waals surface area (Å²) in [6.07, 6.45) is 4.57. The molecule has 164 valence electrons. The normalized spacial score (nSPS) is 46.4. The largest absolute Gasteiger partial charge is 0.468 e. The number of Topliss-reactive ketones (excluding diaryl/α,β-unsaturated/α-hetero) is 1. The van der Waals surface area contributed by atoms with Gasteiger partial charge in [0.25, 0.3) is 0 Å². The zero-order valence-electron chi connectivity index (χ0n) is 19.4. The van der Waals surface area contributed by atoms with Gasteiger partial charge in [-0.25, -0.2) is 0 Å². The molecule has 0 saturated heterocycles. The van der Waals surface area contributed by atoms with Crippen LogP contribution in [0, 0.1) is 39.4 Å². The van der Waals surface area contributed by atoms with Gasteiger partial charge in [-0.1, -0.05) is 40.2 Å². The van der Waals surface area contributed by atoms with E-state index >= 15 is 0 Å². The summed E-state index contributed by atoms with van der Waals surface area (Å²) < 4.78 is 5.18. The molecule has 0 aliphatic heterocycles. The third-order valence-electron chi connectivity index (χ3n) is 9.37. The van der Waals surface area contributed by atoms with Crippen LogP contribution in [0.2, 0.25) is 0 Å². The lowest BCUT2D eigenvalue weighted by Crippen LogP contribution is -2.65. The summed E-state index contributed by atoms with van der Waals surface area (Å²) >= 11 is 0. The van der Waals surface area contributed by atoms with Crippen LogP contribution in [0.25, 0.3) is 0 Å². The molecule has 0 aromatic rings. The van der Waals surface area contributed by atoms with E-state index in [4.69, 9.17) is 4.74 Å². The van der Waals surface area contributed by atoms with Crippen LogP contribution in [0.1, 0.15) is 80.1 Å². The number of carbonyl (C=O) groups excluding carboxylic acids is 2. The maximum absolute atomic E-state index is 13.7. The average molecular weight is 405 g/mol. The zero-order valence-corrected chi connectivity index (χ0v) is 19.4. The van der Waals surface area contributed by atoms with Crippen LogP contribution in [-0.2, 0) is 14.3 Å². The highest BCUT2D eigenvalue weighted by Gasteiger charge is 2.68. The van der Waals surface area contributed by atoms with Crippen molar-refractivity contribution < 1.29 is 19.4 Å². The van der Waals surface area contributed by atoms with Gasteiger partial charge in [0.1, 0.15) is 5.92 Å². The first kappa shape index (κ1) is 22.5. The van der Waals surface area contributed by atoms with Crippen molar-refractivity contribution in [1.82, 2.24) is 0 Å². The number of methoxy groups -OCH3 is 1. The molecule has 3 aliphatic carbocycles. The van der Waals surface area contributed by atoms with Crippen LogP contribution in [-0.4, -0.2) is 30.1 Å². The summed E-state index contributed by atoms with van der Waals surface area (Å²) in [5, 5.41) is 10.8. The van der Waals surface area contributed by atoms with Gasteiger partial charge < -0.3 is 9.84 Å². The van der Waals surface area contributed by atoms with E-state index in [2.05, 4.69) is 34.3 Å². The predicted octanol–water partition coefficient (Wildman–Crippen LogP) is 4.94. The lowest BCUT2D eigenvalue weighted by molar-refractivity contribution is -0.211. The number of ketones is 1. The standard InChI is InChI=1S/C25H40O4/c1-15(2)13-23(5)14-17-24(6)12-10-18(26)22(3,4)16(24)9-11-25(17,7)19(20(23)27)21(28)29-8/h16-19,26H,1,9-14H2,2-8H3/t16?,17?,18-,19-,23-,24-,25+/m0/s1. The van der Waals surface area contributed by atoms with Crippen LogP contribution >= 0.6 is 0 Å². The molecule has 4 nitrogen and oxygen atoms in total. The topological polar surface area (TPSA) is 63.6 Å². The lowest BCUT2D eigenvalue weighted by atomic mass is 9.37. The monoisotopic (exact) mass is 404 g/mol. The van der Waals surface area contributed by atoms with Crippen molar-refractivity contribution in [3.05, 3.63) is 12.2 Å². The third kappa shape index (κ3) is 3.12. The van der Waals surface area contributed by atoms with Crippen molar-refractivity contribution in [2.75, 3.05) is 7.11 Å². The molecule has 3 fully saturated rings. The molecular weight excluding hydrogens is 364 g/mol. The van der Waals surface area contributed by atoms with Crippen molar-refractivity contribution in [1.29, 1.82) is 0 Å². The van der Waals surface area contributed by atoms with E-state index in [0.717, 1.165) is 37.7 Å². The number of ether oxygens (including phenoxy) is 1. The molecule has 29 heavy (non-hydrogen) atoms. The Morgan fingerprint density at radius 1 is 1.10 bits per heavy atom. The van der Waals surface area contributed by atoms with Gasteiger partial charge in [-0.15, -0.1) is 6.58 Å². The number of aliphatic hydroxyl groups is 1. The van der Waals surface area contributed by atoms with Gasteiger partial charge >= 0.3 is 5.97 Å². The molecule has 3 saturated carbocycles. The summed E-state index contributed by atoms with van der Waals surface area (Å²) in [5.41, 5.74) is -0.201. The van der Waals surface area contributed by atoms with Crippen LogP contribution in [0.4, 0.5) is 0 Å². The lowest BCUT2D eigenvalue weighted by Gasteiger charge is -2.67. The van der Waals surface area contributed by atoms with Gasteiger partial charge in [-0.05, 0) is 73.5 Å². The molecule has 0 amide bonds. The van der Waals surface area contributed by atoms with Crippen molar-refractivity contribution >= 4 is 11.8 Å². The third-order valence-corrected chi connectivity index (χ3v) is 9.37. The minimum atomic E-state index is -0.719. The number of aliphatic hydroxyl groups excluding tert-OH is 1. The number of fused-ring (bicyclic) bond motifs is 3. The molecule has 3 aliphatic rings. The number of carbonyl (C=O) groups is 2. The molecule has 0 aromatic heterocycles. The molecule has 0 spiro atoms. The smallest absolute Gasteiger partial charge is 0.316 e. The molecule has 1 N–H and O–H groups in total. The van der Waals surface area contributed by atoms with E-state index in [1.54, 1.807) is 0 Å². The maximum atomic E-state index is 13.7. The molecule has 0 bridgehead atoms. The fourth-order valence-corrected chi connectivity index (χ4v) is 7.91. The van der Waals surface area contributed by atoms with Crippen LogP contribution in [0.15, 0.2) is 12.2 Å². The van der Waals surface area contributed by atoms with Gasteiger partial charge in [0, 0.05) is 5.41 Å². The fraction of sp³-hybridized carbons (Fsp3) is 0.840. The molecule has 2 unspecified atom stereocenters. The molecule has 0 aromatic carbocycles. The fourth-order valence-electron chi connectivity index (χ4n) is 7.91. The Morgan fingerprint density at radius 2 is 1.69 bits per heavy atom. The zero-order chi connectivity index (χ0) is 22.0. The predicted molar refractivity (Wildman–Crippen MR) is 114 cm³/mol. The molecule has 4 heteroatoms. The highest BCUT2D eigenvalue weighted by Crippen LogP contribution is 2.70. The van der Waals surface area contributed by atoms with E-state index in [9.17, 15) is 14.7 Å². The summed E-state index contributed by atoms with van der Waals surface area (Å²) in [4.78, 5) is 26.7. The van der Waals surface area contributed by atoms with Gasteiger partial charge in [0.05, 0.1) is 13.2 Å². The van der Waals surface area contributed by atoms with E-state index in [1.165, 1.54) is 7.11 Å². The average Bonchev–Trinajstić information content (AvgIpc) is 2.60. The Hall–Kier alpha value is -1.16. The summed E-state index contributed by atoms with van der Waals surface area (Å²) in [5.74, 6) is -0.469. The van der Waals surface area contributed by atoms with Crippen molar-refractivity contribution in [2.24, 2.45) is 39.4 Å². The Labute approximate surface area is 176 Å². The maximum Gasteiger partial charge on any atom is 0.316 e. The Balaban J connectivity index is 2.14. The van der Waals surface area contributed by atoms with E-state index < -0.39 is 16.7 Å². The van der Waals surface area contributed by atoms with Gasteiger partial charge in [-0.3, -0.25) is 9.59 Å². The number of hydrogen-bond donors (Lipinski definition) is 1. The van der Waals surface area contributed by atoms with E-state index in [0.29, 0.717) is 12.3 Å². The van der Waals surface area contributed by atoms with Crippen LogP contribution < -0.4 is 0 Å². The quantitative estimate of drug-likeness (QED) is 0.411. The Morgan fingerprint density at radius 3 is 2.24 bits per heavy atom. The molecule has 0 radical (unpaired) electrons. The number of esters is 1. The first-order valence-electron chi connectivity index (χ1n) is 11.2. The molecule has 3 rings (SSSR count). The van der Waals surface area contributed by atoms with Gasteiger partial charge in [0.2, 0.25) is 0 Å². The SMILES string of the molecule is C=C(C)C[C@@]1(C)CC2[C@@]3(C)CC[C@H](O)C(C)(C)C3CC[C@@]2(C)[C@H](C(=O)OC)C1=O. The van der Waals surface area contributed by atoms with Crippen molar-refractivity contribution in [2.45, 2.75) is 86.2 Å². The second-order valence-corrected chi connectivity index (χ2v) is 11.8. The van der Waals surface area contributed by atoms with Crippen molar-refractivity contribution in [3.8, 4) is 0 Å². The van der Waals surface area contributed by atoms with E-state index in [-0.39, 0.29) is 34.6 Å². The van der Waals surface area contributed by atoms with Gasteiger partial charge in [0.15, 0.2) is 5.78 Å². The second kappa shape index (κ2) is 6.93. The van der Waals surface area contributed by atoms with E-state index in [1.807, 2.05) is 13.8 Å². The summed E-state index contributed by atoms with van der Waals surface area (Å²) in [6, 6.07) is 0. The minimum absolute atomic E-state index is 0.0148. The summed E-state index contributed by atoms with van der Waals surface area (Å²) in [6.45, 7) is 17.0. The first-order valence-corrected chi connectivity index (χ1v) is 11.2. The van der Waals surface area contributed by atoms with Gasteiger partial charge in [-0.2, -0.15) is 0 Å². The van der Waals surface area contributed by atoms with Crippen molar-refractivity contribution in [3.63, 3.8) is 0 Å². The number of allylic oxidation sites excluding steroid dienone is 1. The highest BCUT2D eigenvalue weighted by molar-refractivity contribution is 6.03. The number of hydrogen-bond acceptors (Lipinski definition) is 4. The minimum Gasteiger partial charge on any atom is -0.468 e. The van der Waals surface area contributed by atoms with Crippen LogP contribution in [0.5, 0.6) is 0 Å². The Bertz CT molecular complexity index is 724. The molecular formula is C25H40O4. The first-order chi connectivity index (χ1) is 13.2. The number of rotatable bonds is 3.